The molecule has 134 valence electrons. The van der Waals surface area contributed by atoms with Crippen LogP contribution in [0.1, 0.15) is 19.4 Å². The van der Waals surface area contributed by atoms with Crippen LogP contribution < -0.4 is 0 Å². The number of aliphatic hydroxyl groups excluding tert-OH is 1. The van der Waals surface area contributed by atoms with Crippen molar-refractivity contribution < 1.29 is 14.6 Å². The van der Waals surface area contributed by atoms with Gasteiger partial charge in [0.15, 0.2) is 0 Å². The smallest absolute Gasteiger partial charge is 0.111 e. The molecular formula is C21H26O3S. The number of hydrogen-bond donors (Lipinski definition) is 1. The molecule has 1 N–H and O–H groups in total. The molecule has 1 aliphatic rings. The zero-order chi connectivity index (χ0) is 17.6. The number of hydrogen-bond acceptors (Lipinski definition) is 4. The minimum atomic E-state index is -0.501. The SMILES string of the molecule is CC1[C@@H](C)[C@@H](O)C(COCc2ccccc2)O[C@H]1Sc1ccccc1. The van der Waals surface area contributed by atoms with Gasteiger partial charge in [0.25, 0.3) is 0 Å². The van der Waals surface area contributed by atoms with Crippen molar-refractivity contribution in [3.8, 4) is 0 Å². The van der Waals surface area contributed by atoms with E-state index in [2.05, 4.69) is 26.0 Å². The van der Waals surface area contributed by atoms with Gasteiger partial charge < -0.3 is 14.6 Å². The summed E-state index contributed by atoms with van der Waals surface area (Å²) in [5.41, 5.74) is 1.15. The molecule has 3 rings (SSSR count). The van der Waals surface area contributed by atoms with Crippen LogP contribution in [0.25, 0.3) is 0 Å². The van der Waals surface area contributed by atoms with Gasteiger partial charge >= 0.3 is 0 Å². The first-order valence-corrected chi connectivity index (χ1v) is 9.70. The molecule has 0 radical (unpaired) electrons. The van der Waals surface area contributed by atoms with Gasteiger partial charge in [0.1, 0.15) is 11.5 Å². The molecule has 4 heteroatoms. The average Bonchev–Trinajstić information content (AvgIpc) is 2.65. The first kappa shape index (κ1) is 18.5. The van der Waals surface area contributed by atoms with Crippen LogP contribution in [0.5, 0.6) is 0 Å². The number of thioether (sulfide) groups is 1. The molecule has 2 unspecified atom stereocenters. The highest BCUT2D eigenvalue weighted by Gasteiger charge is 2.40. The van der Waals surface area contributed by atoms with Crippen molar-refractivity contribution in [1.29, 1.82) is 0 Å². The summed E-state index contributed by atoms with van der Waals surface area (Å²) in [6, 6.07) is 20.3. The maximum absolute atomic E-state index is 10.6. The molecule has 1 aliphatic heterocycles. The van der Waals surface area contributed by atoms with Crippen LogP contribution in [0.15, 0.2) is 65.6 Å². The monoisotopic (exact) mass is 358 g/mol. The van der Waals surface area contributed by atoms with Crippen LogP contribution in [0.3, 0.4) is 0 Å². The minimum Gasteiger partial charge on any atom is -0.390 e. The molecule has 0 bridgehead atoms. The van der Waals surface area contributed by atoms with Gasteiger partial charge in [-0.15, -0.1) is 0 Å². The summed E-state index contributed by atoms with van der Waals surface area (Å²) < 4.78 is 12.0. The highest BCUT2D eigenvalue weighted by molar-refractivity contribution is 7.99. The van der Waals surface area contributed by atoms with Gasteiger partial charge in [0.2, 0.25) is 0 Å². The fraction of sp³-hybridized carbons (Fsp3) is 0.429. The minimum absolute atomic E-state index is 0.0196. The third kappa shape index (κ3) is 4.85. The second kappa shape index (κ2) is 8.86. The van der Waals surface area contributed by atoms with Crippen LogP contribution in [0.4, 0.5) is 0 Å². The van der Waals surface area contributed by atoms with E-state index in [4.69, 9.17) is 9.47 Å². The summed E-state index contributed by atoms with van der Waals surface area (Å²) in [5.74, 6) is 0.436. The molecule has 5 atom stereocenters. The fourth-order valence-corrected chi connectivity index (χ4v) is 4.29. The maximum Gasteiger partial charge on any atom is 0.111 e. The maximum atomic E-state index is 10.6. The van der Waals surface area contributed by atoms with Gasteiger partial charge in [0.05, 0.1) is 19.3 Å². The summed E-state index contributed by atoms with van der Waals surface area (Å²) in [4.78, 5) is 1.19. The lowest BCUT2D eigenvalue weighted by Gasteiger charge is -2.42. The Morgan fingerprint density at radius 1 is 0.960 bits per heavy atom. The quantitative estimate of drug-likeness (QED) is 0.833. The Morgan fingerprint density at radius 2 is 1.60 bits per heavy atom. The van der Waals surface area contributed by atoms with E-state index in [9.17, 15) is 5.11 Å². The fourth-order valence-electron chi connectivity index (χ4n) is 3.05. The molecule has 2 aromatic carbocycles. The van der Waals surface area contributed by atoms with Crippen LogP contribution in [0, 0.1) is 11.8 Å². The van der Waals surface area contributed by atoms with E-state index in [-0.39, 0.29) is 23.4 Å². The Labute approximate surface area is 154 Å². The Balaban J connectivity index is 1.58. The van der Waals surface area contributed by atoms with Gasteiger partial charge in [-0.1, -0.05) is 74.1 Å². The van der Waals surface area contributed by atoms with Gasteiger partial charge in [-0.3, -0.25) is 0 Å². The topological polar surface area (TPSA) is 38.7 Å². The molecule has 0 aromatic heterocycles. The standard InChI is InChI=1S/C21H26O3S/c1-15-16(2)21(25-18-11-7-4-8-12-18)24-19(20(15)22)14-23-13-17-9-5-3-6-10-17/h3-12,15-16,19-22H,13-14H2,1-2H3/t15-,16?,19?,20-,21+/m1/s1. The predicted octanol–water partition coefficient (Wildman–Crippen LogP) is 4.35. The number of ether oxygens (including phenoxy) is 2. The van der Waals surface area contributed by atoms with Crippen molar-refractivity contribution in [2.45, 2.75) is 43.0 Å². The number of benzene rings is 2. The summed E-state index contributed by atoms with van der Waals surface area (Å²) >= 11 is 1.72. The molecular weight excluding hydrogens is 332 g/mol. The number of rotatable bonds is 6. The molecule has 1 fully saturated rings. The third-order valence-electron chi connectivity index (χ3n) is 4.88. The zero-order valence-corrected chi connectivity index (χ0v) is 15.6. The average molecular weight is 359 g/mol. The lowest BCUT2D eigenvalue weighted by molar-refractivity contribution is -0.161. The normalized spacial score (nSPS) is 29.5. The molecule has 0 amide bonds. The van der Waals surface area contributed by atoms with Crippen molar-refractivity contribution >= 4 is 11.8 Å². The Hall–Kier alpha value is -1.33. The van der Waals surface area contributed by atoms with E-state index in [1.54, 1.807) is 11.8 Å². The van der Waals surface area contributed by atoms with Crippen molar-refractivity contribution in [2.24, 2.45) is 11.8 Å². The van der Waals surface area contributed by atoms with E-state index in [0.717, 1.165) is 5.56 Å². The van der Waals surface area contributed by atoms with Gasteiger partial charge in [0, 0.05) is 4.90 Å². The molecule has 0 spiro atoms. The van der Waals surface area contributed by atoms with E-state index in [0.29, 0.717) is 13.2 Å². The van der Waals surface area contributed by atoms with Crippen LogP contribution in [-0.4, -0.2) is 29.4 Å². The number of aliphatic hydroxyl groups is 1. The third-order valence-corrected chi connectivity index (χ3v) is 6.19. The molecule has 25 heavy (non-hydrogen) atoms. The molecule has 0 saturated carbocycles. The molecule has 1 heterocycles. The van der Waals surface area contributed by atoms with Crippen molar-refractivity contribution in [3.63, 3.8) is 0 Å². The largest absolute Gasteiger partial charge is 0.390 e. The first-order chi connectivity index (χ1) is 12.1. The lowest BCUT2D eigenvalue weighted by Crippen LogP contribution is -2.49. The highest BCUT2D eigenvalue weighted by atomic mass is 32.2. The van der Waals surface area contributed by atoms with Gasteiger partial charge in [-0.2, -0.15) is 0 Å². The Morgan fingerprint density at radius 3 is 2.28 bits per heavy atom. The van der Waals surface area contributed by atoms with Crippen molar-refractivity contribution in [3.05, 3.63) is 66.2 Å². The zero-order valence-electron chi connectivity index (χ0n) is 14.7. The van der Waals surface area contributed by atoms with Gasteiger partial charge in [-0.05, 0) is 29.5 Å². The Bertz CT molecular complexity index is 634. The lowest BCUT2D eigenvalue weighted by atomic mass is 9.86. The Kier molecular flexibility index (Phi) is 6.54. The van der Waals surface area contributed by atoms with Crippen molar-refractivity contribution in [1.82, 2.24) is 0 Å². The van der Waals surface area contributed by atoms with E-state index in [1.807, 2.05) is 48.5 Å². The summed E-state index contributed by atoms with van der Waals surface area (Å²) in [6.45, 7) is 5.18. The van der Waals surface area contributed by atoms with Crippen molar-refractivity contribution in [2.75, 3.05) is 6.61 Å². The predicted molar refractivity (Wildman–Crippen MR) is 101 cm³/mol. The molecule has 3 nitrogen and oxygen atoms in total. The second-order valence-corrected chi connectivity index (χ2v) is 7.86. The van der Waals surface area contributed by atoms with Crippen LogP contribution in [-0.2, 0) is 16.1 Å². The summed E-state index contributed by atoms with van der Waals surface area (Å²) in [6.07, 6.45) is -0.797. The molecule has 0 aliphatic carbocycles. The van der Waals surface area contributed by atoms with Gasteiger partial charge in [-0.25, -0.2) is 0 Å². The summed E-state index contributed by atoms with van der Waals surface area (Å²) in [5, 5.41) is 10.6. The van der Waals surface area contributed by atoms with Crippen LogP contribution >= 0.6 is 11.8 Å². The summed E-state index contributed by atoms with van der Waals surface area (Å²) in [7, 11) is 0. The molecule has 1 saturated heterocycles. The van der Waals surface area contributed by atoms with E-state index >= 15 is 0 Å². The second-order valence-electron chi connectivity index (χ2n) is 6.68. The van der Waals surface area contributed by atoms with E-state index < -0.39 is 6.10 Å². The highest BCUT2D eigenvalue weighted by Crippen LogP contribution is 2.39. The van der Waals surface area contributed by atoms with Crippen LogP contribution in [0.2, 0.25) is 0 Å². The first-order valence-electron chi connectivity index (χ1n) is 8.82. The van der Waals surface area contributed by atoms with E-state index in [1.165, 1.54) is 4.90 Å². The molecule has 2 aromatic rings.